The zero-order valence-corrected chi connectivity index (χ0v) is 17.0. The van der Waals surface area contributed by atoms with Crippen LogP contribution in [0.4, 0.5) is 0 Å². The first-order valence-corrected chi connectivity index (χ1v) is 10.0. The molecule has 0 bridgehead atoms. The summed E-state index contributed by atoms with van der Waals surface area (Å²) in [6.07, 6.45) is 0.0227. The summed E-state index contributed by atoms with van der Waals surface area (Å²) in [6.45, 7) is 2.87. The lowest BCUT2D eigenvalue weighted by Gasteiger charge is -2.17. The highest BCUT2D eigenvalue weighted by molar-refractivity contribution is 5.80. The summed E-state index contributed by atoms with van der Waals surface area (Å²) in [6, 6.07) is 23.8. The predicted molar refractivity (Wildman–Crippen MR) is 117 cm³/mol. The van der Waals surface area contributed by atoms with Gasteiger partial charge in [0.05, 0.1) is 29.3 Å². The first-order valence-electron chi connectivity index (χ1n) is 10.0. The number of benzene rings is 3. The number of carbonyl (C=O) groups excluding carboxylic acids is 1. The van der Waals surface area contributed by atoms with E-state index in [1.807, 2.05) is 67.6 Å². The first kappa shape index (κ1) is 20.2. The lowest BCUT2D eigenvalue weighted by Crippen LogP contribution is -2.08. The van der Waals surface area contributed by atoms with Crippen LogP contribution in [-0.2, 0) is 16.0 Å². The summed E-state index contributed by atoms with van der Waals surface area (Å²) in [7, 11) is 0. The van der Waals surface area contributed by atoms with E-state index in [9.17, 15) is 10.1 Å². The Bertz CT molecular complexity index is 1240. The Morgan fingerprint density at radius 3 is 2.65 bits per heavy atom. The molecule has 0 radical (unpaired) electrons. The molecule has 0 saturated carbocycles. The monoisotopic (exact) mass is 411 g/mol. The molecule has 6 nitrogen and oxygen atoms in total. The Kier molecular flexibility index (Phi) is 5.95. The standard InChI is InChI=1S/C25H21N3O3/c1-2-30-25-27-22-9-5-8-21(24(22)28-25)23(31-16-29)14-17-10-12-18(13-11-17)20-7-4-3-6-19(20)15-26/h3-13,16,23H,2,14H2,1H3,(H,27,28). The van der Waals surface area contributed by atoms with Gasteiger partial charge in [0, 0.05) is 12.0 Å². The number of aromatic amines is 1. The number of hydrogen-bond donors (Lipinski definition) is 1. The van der Waals surface area contributed by atoms with Crippen LogP contribution >= 0.6 is 0 Å². The normalized spacial score (nSPS) is 11.6. The summed E-state index contributed by atoms with van der Waals surface area (Å²) in [4.78, 5) is 18.8. The SMILES string of the molecule is CCOc1nc2cccc(C(Cc3ccc(-c4ccccc4C#N)cc3)OC=O)c2[nH]1. The summed E-state index contributed by atoms with van der Waals surface area (Å²) in [5.74, 6) is 0. The van der Waals surface area contributed by atoms with Crippen molar-refractivity contribution >= 4 is 17.5 Å². The second-order valence-electron chi connectivity index (χ2n) is 7.00. The van der Waals surface area contributed by atoms with E-state index < -0.39 is 6.10 Å². The molecule has 0 aliphatic rings. The highest BCUT2D eigenvalue weighted by Gasteiger charge is 2.19. The average molecular weight is 411 g/mol. The first-order chi connectivity index (χ1) is 15.2. The largest absolute Gasteiger partial charge is 0.465 e. The molecule has 3 aromatic carbocycles. The van der Waals surface area contributed by atoms with Crippen molar-refractivity contribution in [1.29, 1.82) is 5.26 Å². The summed E-state index contributed by atoms with van der Waals surface area (Å²) in [5, 5.41) is 9.34. The number of hydrogen-bond acceptors (Lipinski definition) is 5. The third-order valence-electron chi connectivity index (χ3n) is 5.11. The van der Waals surface area contributed by atoms with Crippen LogP contribution in [0.1, 0.15) is 29.7 Å². The second-order valence-corrected chi connectivity index (χ2v) is 7.00. The van der Waals surface area contributed by atoms with Crippen LogP contribution < -0.4 is 4.74 Å². The molecule has 1 unspecified atom stereocenters. The van der Waals surface area contributed by atoms with E-state index >= 15 is 0 Å². The average Bonchev–Trinajstić information content (AvgIpc) is 3.22. The lowest BCUT2D eigenvalue weighted by atomic mass is 9.96. The fourth-order valence-electron chi connectivity index (χ4n) is 3.67. The van der Waals surface area contributed by atoms with Gasteiger partial charge in [-0.25, -0.2) is 0 Å². The minimum Gasteiger partial charge on any atom is -0.465 e. The van der Waals surface area contributed by atoms with Crippen molar-refractivity contribution in [2.24, 2.45) is 0 Å². The van der Waals surface area contributed by atoms with E-state index in [0.29, 0.717) is 31.1 Å². The van der Waals surface area contributed by atoms with Crippen LogP contribution in [0.25, 0.3) is 22.2 Å². The van der Waals surface area contributed by atoms with Crippen molar-refractivity contribution in [3.05, 3.63) is 83.4 Å². The van der Waals surface area contributed by atoms with E-state index in [2.05, 4.69) is 16.0 Å². The van der Waals surface area contributed by atoms with Gasteiger partial charge in [0.15, 0.2) is 0 Å². The maximum atomic E-state index is 11.2. The van der Waals surface area contributed by atoms with Gasteiger partial charge in [0.2, 0.25) is 0 Å². The van der Waals surface area contributed by atoms with Gasteiger partial charge in [0.1, 0.15) is 6.10 Å². The number of para-hydroxylation sites is 1. The molecule has 6 heteroatoms. The molecule has 31 heavy (non-hydrogen) atoms. The quantitative estimate of drug-likeness (QED) is 0.414. The molecule has 0 aliphatic carbocycles. The number of fused-ring (bicyclic) bond motifs is 1. The molecule has 154 valence electrons. The summed E-state index contributed by atoms with van der Waals surface area (Å²) < 4.78 is 10.9. The van der Waals surface area contributed by atoms with E-state index in [-0.39, 0.29) is 0 Å². The topological polar surface area (TPSA) is 88.0 Å². The second kappa shape index (κ2) is 9.14. The van der Waals surface area contributed by atoms with Crippen LogP contribution in [0.15, 0.2) is 66.7 Å². The molecular weight excluding hydrogens is 390 g/mol. The molecule has 0 fully saturated rings. The molecular formula is C25H21N3O3. The zero-order chi connectivity index (χ0) is 21.6. The smallest absolute Gasteiger partial charge is 0.294 e. The third kappa shape index (κ3) is 4.26. The van der Waals surface area contributed by atoms with Crippen molar-refractivity contribution in [2.45, 2.75) is 19.4 Å². The molecule has 1 atom stereocenters. The van der Waals surface area contributed by atoms with Crippen LogP contribution in [0, 0.1) is 11.3 Å². The highest BCUT2D eigenvalue weighted by Crippen LogP contribution is 2.30. The molecule has 0 amide bonds. The summed E-state index contributed by atoms with van der Waals surface area (Å²) >= 11 is 0. The maximum Gasteiger partial charge on any atom is 0.294 e. The van der Waals surface area contributed by atoms with Crippen LogP contribution in [-0.4, -0.2) is 23.0 Å². The van der Waals surface area contributed by atoms with Gasteiger partial charge in [-0.2, -0.15) is 10.2 Å². The van der Waals surface area contributed by atoms with Crippen molar-refractivity contribution in [3.63, 3.8) is 0 Å². The van der Waals surface area contributed by atoms with Crippen LogP contribution in [0.2, 0.25) is 0 Å². The Hall–Kier alpha value is -4.11. The van der Waals surface area contributed by atoms with E-state index in [1.165, 1.54) is 0 Å². The number of H-pyrrole nitrogens is 1. The molecule has 0 spiro atoms. The van der Waals surface area contributed by atoms with E-state index in [0.717, 1.165) is 33.3 Å². The summed E-state index contributed by atoms with van der Waals surface area (Å²) in [5.41, 5.74) is 5.87. The van der Waals surface area contributed by atoms with Crippen molar-refractivity contribution in [3.8, 4) is 23.2 Å². The fraction of sp³-hybridized carbons (Fsp3) is 0.160. The van der Waals surface area contributed by atoms with Crippen molar-refractivity contribution < 1.29 is 14.3 Å². The minimum atomic E-state index is -0.478. The van der Waals surface area contributed by atoms with Crippen LogP contribution in [0.5, 0.6) is 6.01 Å². The minimum absolute atomic E-state index is 0.440. The molecule has 0 saturated heterocycles. The number of imidazole rings is 1. The van der Waals surface area contributed by atoms with Gasteiger partial charge in [0.25, 0.3) is 12.5 Å². The molecule has 4 aromatic rings. The Morgan fingerprint density at radius 2 is 1.90 bits per heavy atom. The number of rotatable bonds is 8. The lowest BCUT2D eigenvalue weighted by molar-refractivity contribution is -0.133. The number of carbonyl (C=O) groups is 1. The van der Waals surface area contributed by atoms with Gasteiger partial charge < -0.3 is 14.5 Å². The molecule has 1 aromatic heterocycles. The molecule has 1 heterocycles. The molecule has 0 aliphatic heterocycles. The van der Waals surface area contributed by atoms with E-state index in [4.69, 9.17) is 9.47 Å². The number of ether oxygens (including phenoxy) is 2. The van der Waals surface area contributed by atoms with Gasteiger partial charge in [-0.3, -0.25) is 4.79 Å². The fourth-order valence-corrected chi connectivity index (χ4v) is 3.67. The van der Waals surface area contributed by atoms with Gasteiger partial charge in [-0.15, -0.1) is 0 Å². The number of nitrogens with zero attached hydrogens (tertiary/aromatic N) is 2. The van der Waals surface area contributed by atoms with Gasteiger partial charge in [-0.05, 0) is 35.7 Å². The van der Waals surface area contributed by atoms with E-state index in [1.54, 1.807) is 6.07 Å². The zero-order valence-electron chi connectivity index (χ0n) is 17.0. The number of nitrogens with one attached hydrogen (secondary N) is 1. The Balaban J connectivity index is 1.63. The van der Waals surface area contributed by atoms with Crippen molar-refractivity contribution in [2.75, 3.05) is 6.61 Å². The van der Waals surface area contributed by atoms with Crippen LogP contribution in [0.3, 0.4) is 0 Å². The third-order valence-corrected chi connectivity index (χ3v) is 5.11. The molecule has 4 rings (SSSR count). The highest BCUT2D eigenvalue weighted by atomic mass is 16.5. The number of nitriles is 1. The van der Waals surface area contributed by atoms with Crippen molar-refractivity contribution in [1.82, 2.24) is 9.97 Å². The van der Waals surface area contributed by atoms with Gasteiger partial charge in [-0.1, -0.05) is 54.6 Å². The molecule has 1 N–H and O–H groups in total. The number of aromatic nitrogens is 2. The Labute approximate surface area is 180 Å². The Morgan fingerprint density at radius 1 is 1.10 bits per heavy atom. The van der Waals surface area contributed by atoms with Gasteiger partial charge >= 0.3 is 0 Å². The maximum absolute atomic E-state index is 11.2. The predicted octanol–water partition coefficient (Wildman–Crippen LogP) is 4.96.